The van der Waals surface area contributed by atoms with Gasteiger partial charge in [0.25, 0.3) is 0 Å². The molecule has 1 fully saturated rings. The molecule has 1 saturated heterocycles. The Morgan fingerprint density at radius 2 is 2.00 bits per heavy atom. The Balaban J connectivity index is 1.69. The van der Waals surface area contributed by atoms with E-state index in [9.17, 15) is 14.4 Å². The molecule has 3 atom stereocenters. The summed E-state index contributed by atoms with van der Waals surface area (Å²) in [6.07, 6.45) is 6.96. The summed E-state index contributed by atoms with van der Waals surface area (Å²) in [6.45, 7) is 4.04. The van der Waals surface area contributed by atoms with E-state index >= 15 is 0 Å². The predicted octanol–water partition coefficient (Wildman–Crippen LogP) is 3.53. The molecule has 6 nitrogen and oxygen atoms in total. The highest BCUT2D eigenvalue weighted by Gasteiger charge is 2.42. The lowest BCUT2D eigenvalue weighted by Gasteiger charge is -2.31. The highest BCUT2D eigenvalue weighted by atomic mass is 16.5. The Labute approximate surface area is 178 Å². The van der Waals surface area contributed by atoms with Crippen LogP contribution in [0.3, 0.4) is 0 Å². The summed E-state index contributed by atoms with van der Waals surface area (Å²) in [6, 6.07) is 9.69. The number of ether oxygens (including phenoxy) is 1. The topological polar surface area (TPSA) is 75.7 Å². The van der Waals surface area contributed by atoms with Crippen LogP contribution in [0.4, 0.5) is 0 Å². The predicted molar refractivity (Wildman–Crippen MR) is 114 cm³/mol. The van der Waals surface area contributed by atoms with Crippen molar-refractivity contribution in [2.45, 2.75) is 64.0 Å². The van der Waals surface area contributed by atoms with Gasteiger partial charge in [-0.1, -0.05) is 42.0 Å². The van der Waals surface area contributed by atoms with Crippen LogP contribution >= 0.6 is 0 Å². The van der Waals surface area contributed by atoms with E-state index in [2.05, 4.69) is 11.4 Å². The minimum Gasteiger partial charge on any atom is -0.467 e. The number of likely N-dealkylation sites (tertiary alicyclic amines) is 1. The molecule has 1 aliphatic carbocycles. The minimum absolute atomic E-state index is 0.0405. The Morgan fingerprint density at radius 1 is 1.27 bits per heavy atom. The van der Waals surface area contributed by atoms with Crippen molar-refractivity contribution in [3.8, 4) is 0 Å². The molecule has 0 aromatic heterocycles. The number of hydrogen-bond donors (Lipinski definition) is 1. The molecule has 3 unspecified atom stereocenters. The van der Waals surface area contributed by atoms with Gasteiger partial charge >= 0.3 is 5.97 Å². The van der Waals surface area contributed by atoms with Crippen molar-refractivity contribution in [1.82, 2.24) is 10.2 Å². The Morgan fingerprint density at radius 3 is 2.63 bits per heavy atom. The molecule has 6 heteroatoms. The first-order chi connectivity index (χ1) is 14.3. The molecule has 3 rings (SSSR count). The van der Waals surface area contributed by atoms with Crippen molar-refractivity contribution >= 4 is 17.8 Å². The van der Waals surface area contributed by atoms with E-state index in [4.69, 9.17) is 4.74 Å². The van der Waals surface area contributed by atoms with Crippen LogP contribution in [0.25, 0.3) is 0 Å². The van der Waals surface area contributed by atoms with Crippen molar-refractivity contribution in [3.63, 3.8) is 0 Å². The summed E-state index contributed by atoms with van der Waals surface area (Å²) >= 11 is 0. The number of allylic oxidation sites excluding steroid dienone is 1. The van der Waals surface area contributed by atoms with E-state index in [0.717, 1.165) is 31.2 Å². The normalized spacial score (nSPS) is 22.1. The zero-order valence-corrected chi connectivity index (χ0v) is 18.1. The number of amides is 2. The first-order valence-corrected chi connectivity index (χ1v) is 10.8. The third-order valence-corrected chi connectivity index (χ3v) is 6.28. The molecular weight excluding hydrogens is 380 g/mol. The lowest BCUT2D eigenvalue weighted by Crippen LogP contribution is -2.54. The van der Waals surface area contributed by atoms with E-state index in [1.807, 2.05) is 37.3 Å². The molecule has 1 heterocycles. The van der Waals surface area contributed by atoms with Gasteiger partial charge in [0, 0.05) is 19.4 Å². The summed E-state index contributed by atoms with van der Waals surface area (Å²) in [4.78, 5) is 40.0. The van der Waals surface area contributed by atoms with E-state index in [1.54, 1.807) is 11.8 Å². The smallest absolute Gasteiger partial charge is 0.331 e. The third kappa shape index (κ3) is 4.91. The Hall–Kier alpha value is -2.63. The van der Waals surface area contributed by atoms with Crippen LogP contribution in [0.15, 0.2) is 42.0 Å². The summed E-state index contributed by atoms with van der Waals surface area (Å²) in [5.74, 6) is -1.24. The molecule has 2 amide bonds. The minimum atomic E-state index is -1.13. The summed E-state index contributed by atoms with van der Waals surface area (Å²) in [7, 11) is 1.34. The second-order valence-corrected chi connectivity index (χ2v) is 8.63. The van der Waals surface area contributed by atoms with Gasteiger partial charge in [0.2, 0.25) is 11.8 Å². The summed E-state index contributed by atoms with van der Waals surface area (Å²) in [5.41, 5.74) is 1.09. The number of rotatable bonds is 7. The Bertz CT molecular complexity index is 820. The van der Waals surface area contributed by atoms with Crippen LogP contribution in [0.1, 0.15) is 64.0 Å². The van der Waals surface area contributed by atoms with Gasteiger partial charge in [-0.2, -0.15) is 0 Å². The van der Waals surface area contributed by atoms with E-state index in [-0.39, 0.29) is 24.3 Å². The van der Waals surface area contributed by atoms with Gasteiger partial charge in [0.1, 0.15) is 5.54 Å². The van der Waals surface area contributed by atoms with Gasteiger partial charge in [-0.15, -0.1) is 0 Å². The first kappa shape index (κ1) is 22.1. The lowest BCUT2D eigenvalue weighted by molar-refractivity contribution is -0.150. The molecule has 0 spiro atoms. The molecule has 1 aliphatic heterocycles. The first-order valence-electron chi connectivity index (χ1n) is 10.8. The maximum Gasteiger partial charge on any atom is 0.331 e. The van der Waals surface area contributed by atoms with E-state index in [1.165, 1.54) is 12.7 Å². The maximum atomic E-state index is 13.1. The van der Waals surface area contributed by atoms with Crippen molar-refractivity contribution in [2.24, 2.45) is 5.92 Å². The fourth-order valence-electron chi connectivity index (χ4n) is 4.48. The second kappa shape index (κ2) is 9.45. The third-order valence-electron chi connectivity index (χ3n) is 6.28. The van der Waals surface area contributed by atoms with Gasteiger partial charge in [-0.3, -0.25) is 9.59 Å². The summed E-state index contributed by atoms with van der Waals surface area (Å²) in [5, 5.41) is 2.92. The van der Waals surface area contributed by atoms with Crippen LogP contribution < -0.4 is 5.32 Å². The second-order valence-electron chi connectivity index (χ2n) is 8.63. The lowest BCUT2D eigenvalue weighted by atomic mass is 9.86. The quantitative estimate of drug-likeness (QED) is 0.549. The molecule has 0 saturated carbocycles. The number of nitrogens with zero attached hydrogens (tertiary/aromatic N) is 1. The van der Waals surface area contributed by atoms with Crippen LogP contribution in [0.5, 0.6) is 0 Å². The standard InChI is InChI=1S/C24H32N2O4/c1-17(19-12-8-5-9-13-19)26-16-20(14-21(26)27)22(28)25-24(2,23(29)30-3)15-18-10-6-4-7-11-18/h5,8-10,12-13,17,20H,4,6-7,11,14-16H2,1-3H3,(H,25,28). The average Bonchev–Trinajstić information content (AvgIpc) is 3.15. The van der Waals surface area contributed by atoms with Crippen LogP contribution in [-0.2, 0) is 19.1 Å². The van der Waals surface area contributed by atoms with E-state index < -0.39 is 17.4 Å². The molecule has 0 bridgehead atoms. The maximum absolute atomic E-state index is 13.1. The highest BCUT2D eigenvalue weighted by molar-refractivity contribution is 5.93. The number of carbonyl (C=O) groups excluding carboxylic acids is 3. The van der Waals surface area contributed by atoms with Gasteiger partial charge in [0.05, 0.1) is 19.1 Å². The molecule has 1 aromatic rings. The molecule has 30 heavy (non-hydrogen) atoms. The molecule has 2 aliphatic rings. The largest absolute Gasteiger partial charge is 0.467 e. The number of nitrogens with one attached hydrogen (secondary N) is 1. The highest BCUT2D eigenvalue weighted by Crippen LogP contribution is 2.30. The van der Waals surface area contributed by atoms with E-state index in [0.29, 0.717) is 13.0 Å². The number of benzene rings is 1. The number of methoxy groups -OCH3 is 1. The zero-order chi connectivity index (χ0) is 21.7. The van der Waals surface area contributed by atoms with Crippen molar-refractivity contribution in [3.05, 3.63) is 47.5 Å². The summed E-state index contributed by atoms with van der Waals surface area (Å²) < 4.78 is 5.00. The van der Waals surface area contributed by atoms with Gasteiger partial charge < -0.3 is 15.0 Å². The van der Waals surface area contributed by atoms with Gasteiger partial charge in [0.15, 0.2) is 0 Å². The van der Waals surface area contributed by atoms with Crippen LogP contribution in [0.2, 0.25) is 0 Å². The van der Waals surface area contributed by atoms with Crippen LogP contribution in [0, 0.1) is 5.92 Å². The molecule has 0 radical (unpaired) electrons. The molecule has 1 aromatic carbocycles. The average molecular weight is 413 g/mol. The SMILES string of the molecule is COC(=O)C(C)(CC1=CCCCC1)NC(=O)C1CC(=O)N(C(C)c2ccccc2)C1. The molecular formula is C24H32N2O4. The fourth-order valence-corrected chi connectivity index (χ4v) is 4.48. The number of carbonyl (C=O) groups is 3. The number of hydrogen-bond acceptors (Lipinski definition) is 4. The number of esters is 1. The van der Waals surface area contributed by atoms with Crippen molar-refractivity contribution in [2.75, 3.05) is 13.7 Å². The van der Waals surface area contributed by atoms with Crippen LogP contribution in [-0.4, -0.2) is 41.9 Å². The van der Waals surface area contributed by atoms with Crippen molar-refractivity contribution in [1.29, 1.82) is 0 Å². The Kier molecular flexibility index (Phi) is 6.95. The van der Waals surface area contributed by atoms with Gasteiger partial charge in [-0.25, -0.2) is 4.79 Å². The van der Waals surface area contributed by atoms with Crippen molar-refractivity contribution < 1.29 is 19.1 Å². The monoisotopic (exact) mass is 412 g/mol. The molecule has 162 valence electrons. The van der Waals surface area contributed by atoms with Gasteiger partial charge in [-0.05, 0) is 45.1 Å². The fraction of sp³-hybridized carbons (Fsp3) is 0.542. The molecule has 1 N–H and O–H groups in total. The zero-order valence-electron chi connectivity index (χ0n) is 18.1.